The van der Waals surface area contributed by atoms with Crippen LogP contribution in [-0.2, 0) is 0 Å². The Morgan fingerprint density at radius 1 is 0.933 bits per heavy atom. The number of anilines is 1. The van der Waals surface area contributed by atoms with E-state index in [1.807, 2.05) is 24.3 Å². The molecule has 0 aliphatic heterocycles. The van der Waals surface area contributed by atoms with E-state index >= 15 is 0 Å². The second-order valence-electron chi connectivity index (χ2n) is 3.63. The van der Waals surface area contributed by atoms with E-state index < -0.39 is 0 Å². The van der Waals surface area contributed by atoms with Crippen LogP contribution in [0.3, 0.4) is 0 Å². The number of nitrogens with two attached hydrogens (primary N) is 1. The van der Waals surface area contributed by atoms with Crippen molar-refractivity contribution in [1.29, 1.82) is 0 Å². The van der Waals surface area contributed by atoms with Crippen LogP contribution in [0.25, 0.3) is 22.3 Å². The summed E-state index contributed by atoms with van der Waals surface area (Å²) in [7, 11) is 0. The minimum Gasteiger partial charge on any atom is -0.397 e. The average molecular weight is 194 g/mol. The molecule has 1 aliphatic carbocycles. The predicted molar refractivity (Wildman–Crippen MR) is 64.5 cm³/mol. The molecule has 1 aliphatic rings. The second kappa shape index (κ2) is 2.70. The highest BCUT2D eigenvalue weighted by Gasteiger charge is 2.25. The summed E-state index contributed by atoms with van der Waals surface area (Å²) >= 11 is 0. The number of benzene rings is 2. The molecule has 2 N–H and O–H groups in total. The maximum atomic E-state index is 5.86. The molecule has 0 amide bonds. The minimum atomic E-state index is 0.693. The van der Waals surface area contributed by atoms with Gasteiger partial charge in [0.15, 0.2) is 0 Å². The van der Waals surface area contributed by atoms with Crippen molar-refractivity contribution >= 4 is 18.1 Å². The van der Waals surface area contributed by atoms with Crippen molar-refractivity contribution < 1.29 is 0 Å². The van der Waals surface area contributed by atoms with Gasteiger partial charge in [-0.15, -0.1) is 0 Å². The lowest BCUT2D eigenvalue weighted by Gasteiger charge is -2.25. The van der Waals surface area contributed by atoms with Gasteiger partial charge in [-0.2, -0.15) is 0 Å². The van der Waals surface area contributed by atoms with E-state index in [9.17, 15) is 0 Å². The lowest BCUT2D eigenvalue weighted by atomic mass is 9.79. The molecule has 0 aromatic heterocycles. The van der Waals surface area contributed by atoms with Crippen LogP contribution in [0.5, 0.6) is 0 Å². The number of rotatable bonds is 1. The maximum Gasteiger partial charge on any atom is 0.0936 e. The lowest BCUT2D eigenvalue weighted by molar-refractivity contribution is 1.47. The van der Waals surface area contributed by atoms with Crippen LogP contribution in [-0.4, -0.2) is 6.72 Å². The number of hydrogen-bond donors (Lipinski definition) is 1. The average Bonchev–Trinajstić information content (AvgIpc) is 2.26. The van der Waals surface area contributed by atoms with Crippen LogP contribution < -0.4 is 5.73 Å². The molecule has 0 bridgehead atoms. The molecule has 0 unspecified atom stereocenters. The van der Waals surface area contributed by atoms with E-state index in [0.717, 1.165) is 11.3 Å². The van der Waals surface area contributed by atoms with Crippen LogP contribution in [0.4, 0.5) is 11.4 Å². The molecule has 15 heavy (non-hydrogen) atoms. The summed E-state index contributed by atoms with van der Waals surface area (Å²) in [6.07, 6.45) is 0. The number of nitrogen functional groups attached to an aromatic ring is 1. The fraction of sp³-hybridized carbons (Fsp3) is 0. The molecule has 0 radical (unpaired) electrons. The van der Waals surface area contributed by atoms with Gasteiger partial charge in [0.25, 0.3) is 0 Å². The van der Waals surface area contributed by atoms with Crippen molar-refractivity contribution in [1.82, 2.24) is 0 Å². The molecule has 0 fully saturated rings. The van der Waals surface area contributed by atoms with Gasteiger partial charge in [-0.25, -0.2) is 0 Å². The van der Waals surface area contributed by atoms with Gasteiger partial charge in [-0.05, 0) is 29.5 Å². The van der Waals surface area contributed by atoms with Crippen molar-refractivity contribution in [2.45, 2.75) is 0 Å². The van der Waals surface area contributed by atoms with Crippen LogP contribution in [0.2, 0.25) is 0 Å². The molecule has 0 saturated heterocycles. The first-order chi connectivity index (χ1) is 7.33. The molecule has 0 atom stereocenters. The summed E-state index contributed by atoms with van der Waals surface area (Å²) in [6.45, 7) is 3.57. The van der Waals surface area contributed by atoms with Gasteiger partial charge < -0.3 is 5.73 Å². The van der Waals surface area contributed by atoms with Gasteiger partial charge in [0, 0.05) is 5.56 Å². The second-order valence-corrected chi connectivity index (χ2v) is 3.63. The fourth-order valence-corrected chi connectivity index (χ4v) is 2.15. The first-order valence-electron chi connectivity index (χ1n) is 4.82. The molecule has 0 saturated carbocycles. The van der Waals surface area contributed by atoms with E-state index in [1.54, 1.807) is 0 Å². The van der Waals surface area contributed by atoms with E-state index in [1.165, 1.54) is 16.7 Å². The van der Waals surface area contributed by atoms with Crippen molar-refractivity contribution in [2.75, 3.05) is 5.73 Å². The Morgan fingerprint density at radius 2 is 1.67 bits per heavy atom. The van der Waals surface area contributed by atoms with Crippen LogP contribution in [0, 0.1) is 0 Å². The van der Waals surface area contributed by atoms with Gasteiger partial charge in [0.05, 0.1) is 11.4 Å². The molecule has 2 aromatic rings. The Bertz CT molecular complexity index is 571. The Hall–Kier alpha value is -2.09. The van der Waals surface area contributed by atoms with E-state index in [2.05, 4.69) is 23.8 Å². The normalized spacial score (nSPS) is 11.2. The summed E-state index contributed by atoms with van der Waals surface area (Å²) < 4.78 is 0. The molecule has 2 nitrogen and oxygen atoms in total. The first kappa shape index (κ1) is 8.24. The molecular formula is C13H10N2. The third-order valence-electron chi connectivity index (χ3n) is 2.85. The Morgan fingerprint density at radius 3 is 2.40 bits per heavy atom. The third-order valence-corrected chi connectivity index (χ3v) is 2.85. The number of fused-ring (bicyclic) bond motifs is 4. The SMILES string of the molecule is C=Nc1c(N)ccc2c1-c1ccccc1-2. The Balaban J connectivity index is 2.34. The lowest BCUT2D eigenvalue weighted by Crippen LogP contribution is -2.00. The molecular weight excluding hydrogens is 184 g/mol. The van der Waals surface area contributed by atoms with E-state index in [4.69, 9.17) is 5.73 Å². The standard InChI is InChI=1S/C13H10N2/c1-15-13-11(14)7-6-10-8-4-2-3-5-9(8)12(10)13/h2-7H,1,14H2. The zero-order chi connectivity index (χ0) is 10.4. The van der Waals surface area contributed by atoms with Gasteiger partial charge >= 0.3 is 0 Å². The molecule has 0 spiro atoms. The van der Waals surface area contributed by atoms with Crippen LogP contribution >= 0.6 is 0 Å². The molecule has 72 valence electrons. The quantitative estimate of drug-likeness (QED) is 0.468. The topological polar surface area (TPSA) is 38.4 Å². The molecule has 3 rings (SSSR count). The Kier molecular flexibility index (Phi) is 1.48. The maximum absolute atomic E-state index is 5.86. The monoisotopic (exact) mass is 194 g/mol. The summed E-state index contributed by atoms with van der Waals surface area (Å²) in [5.41, 5.74) is 12.2. The smallest absolute Gasteiger partial charge is 0.0936 e. The summed E-state index contributed by atoms with van der Waals surface area (Å²) in [5, 5.41) is 0. The highest BCUT2D eigenvalue weighted by Crippen LogP contribution is 2.53. The molecule has 2 aromatic carbocycles. The van der Waals surface area contributed by atoms with Gasteiger partial charge in [-0.1, -0.05) is 30.3 Å². The van der Waals surface area contributed by atoms with Gasteiger partial charge in [0.1, 0.15) is 0 Å². The number of hydrogen-bond acceptors (Lipinski definition) is 2. The fourth-order valence-electron chi connectivity index (χ4n) is 2.15. The largest absolute Gasteiger partial charge is 0.397 e. The van der Waals surface area contributed by atoms with Crippen molar-refractivity contribution in [3.05, 3.63) is 36.4 Å². The predicted octanol–water partition coefficient (Wildman–Crippen LogP) is 3.25. The van der Waals surface area contributed by atoms with E-state index in [-0.39, 0.29) is 0 Å². The third kappa shape index (κ3) is 0.907. The zero-order valence-electron chi connectivity index (χ0n) is 8.20. The zero-order valence-corrected chi connectivity index (χ0v) is 8.20. The number of aliphatic imine (C=N–C) groups is 1. The summed E-state index contributed by atoms with van der Waals surface area (Å²) in [5.74, 6) is 0. The first-order valence-corrected chi connectivity index (χ1v) is 4.82. The van der Waals surface area contributed by atoms with E-state index in [0.29, 0.717) is 5.69 Å². The van der Waals surface area contributed by atoms with Crippen LogP contribution in [0.1, 0.15) is 0 Å². The molecule has 2 heteroatoms. The minimum absolute atomic E-state index is 0.693. The van der Waals surface area contributed by atoms with Crippen molar-refractivity contribution in [3.63, 3.8) is 0 Å². The van der Waals surface area contributed by atoms with Crippen LogP contribution in [0.15, 0.2) is 41.4 Å². The summed E-state index contributed by atoms with van der Waals surface area (Å²) in [6, 6.07) is 12.2. The molecule has 0 heterocycles. The highest BCUT2D eigenvalue weighted by molar-refractivity contribution is 6.09. The van der Waals surface area contributed by atoms with Crippen molar-refractivity contribution in [3.8, 4) is 22.3 Å². The van der Waals surface area contributed by atoms with Crippen molar-refractivity contribution in [2.24, 2.45) is 4.99 Å². The van der Waals surface area contributed by atoms with Gasteiger partial charge in [0.2, 0.25) is 0 Å². The Labute approximate surface area is 88.1 Å². The van der Waals surface area contributed by atoms with Gasteiger partial charge in [-0.3, -0.25) is 4.99 Å². The number of nitrogens with zero attached hydrogens (tertiary/aromatic N) is 1. The highest BCUT2D eigenvalue weighted by atomic mass is 14.8. The summed E-state index contributed by atoms with van der Waals surface area (Å²) in [4.78, 5) is 4.01.